The van der Waals surface area contributed by atoms with E-state index in [0.29, 0.717) is 5.88 Å². The summed E-state index contributed by atoms with van der Waals surface area (Å²) in [6, 6.07) is 14.9. The molecule has 0 N–H and O–H groups in total. The highest BCUT2D eigenvalue weighted by Crippen LogP contribution is 2.35. The number of halogens is 1. The molecule has 112 valence electrons. The fourth-order valence-corrected chi connectivity index (χ4v) is 3.68. The maximum absolute atomic E-state index is 6.16. The van der Waals surface area contributed by atoms with Gasteiger partial charge in [0.25, 0.3) is 0 Å². The number of aromatic nitrogens is 1. The van der Waals surface area contributed by atoms with Crippen molar-refractivity contribution in [3.8, 4) is 21.8 Å². The van der Waals surface area contributed by atoms with Crippen molar-refractivity contribution in [3.05, 3.63) is 64.0 Å². The molecule has 3 heteroatoms. The van der Waals surface area contributed by atoms with Gasteiger partial charge in [-0.2, -0.15) is 0 Å². The van der Waals surface area contributed by atoms with Crippen LogP contribution in [0.15, 0.2) is 42.5 Å². The molecule has 1 heterocycles. The first-order valence-electron chi connectivity index (χ1n) is 7.29. The van der Waals surface area contributed by atoms with Crippen LogP contribution < -0.4 is 0 Å². The van der Waals surface area contributed by atoms with Crippen molar-refractivity contribution in [2.24, 2.45) is 0 Å². The van der Waals surface area contributed by atoms with Gasteiger partial charge in [0, 0.05) is 16.0 Å². The minimum Gasteiger partial charge on any atom is -0.236 e. The Hall–Kier alpha value is -1.64. The Morgan fingerprint density at radius 2 is 1.77 bits per heavy atom. The highest BCUT2D eigenvalue weighted by molar-refractivity contribution is 7.15. The molecule has 22 heavy (non-hydrogen) atoms. The molecule has 0 atom stereocenters. The Bertz CT molecular complexity index is 820. The van der Waals surface area contributed by atoms with Gasteiger partial charge in [0.05, 0.1) is 11.6 Å². The molecule has 0 unspecified atom stereocenters. The molecule has 0 aliphatic carbocycles. The lowest BCUT2D eigenvalue weighted by molar-refractivity contribution is 1.31. The molecule has 1 aromatic heterocycles. The van der Waals surface area contributed by atoms with Crippen molar-refractivity contribution in [1.82, 2.24) is 4.98 Å². The number of hydrogen-bond acceptors (Lipinski definition) is 2. The summed E-state index contributed by atoms with van der Waals surface area (Å²) in [6.07, 6.45) is 0. The van der Waals surface area contributed by atoms with E-state index in [9.17, 15) is 0 Å². The Kier molecular flexibility index (Phi) is 4.32. The molecular weight excluding hydrogens is 310 g/mol. The van der Waals surface area contributed by atoms with Crippen molar-refractivity contribution in [1.29, 1.82) is 0 Å². The third kappa shape index (κ3) is 2.94. The molecule has 0 bridgehead atoms. The number of benzene rings is 2. The van der Waals surface area contributed by atoms with E-state index >= 15 is 0 Å². The van der Waals surface area contributed by atoms with Gasteiger partial charge in [0.2, 0.25) is 0 Å². The van der Waals surface area contributed by atoms with Crippen LogP contribution in [0, 0.1) is 20.8 Å². The fourth-order valence-electron chi connectivity index (χ4n) is 2.46. The molecule has 3 rings (SSSR count). The van der Waals surface area contributed by atoms with Gasteiger partial charge < -0.3 is 0 Å². The number of aryl methyl sites for hydroxylation is 3. The van der Waals surface area contributed by atoms with Gasteiger partial charge in [-0.3, -0.25) is 0 Å². The van der Waals surface area contributed by atoms with E-state index in [2.05, 4.69) is 63.2 Å². The van der Waals surface area contributed by atoms with E-state index in [0.717, 1.165) is 26.7 Å². The molecule has 0 fully saturated rings. The quantitative estimate of drug-likeness (QED) is 0.526. The maximum atomic E-state index is 6.16. The van der Waals surface area contributed by atoms with Crippen molar-refractivity contribution in [2.75, 3.05) is 0 Å². The maximum Gasteiger partial charge on any atom is 0.124 e. The Balaban J connectivity index is 2.10. The first kappa shape index (κ1) is 15.3. The van der Waals surface area contributed by atoms with Crippen LogP contribution in [0.25, 0.3) is 21.8 Å². The highest BCUT2D eigenvalue weighted by atomic mass is 35.5. The largest absolute Gasteiger partial charge is 0.236 e. The lowest BCUT2D eigenvalue weighted by atomic mass is 10.0. The van der Waals surface area contributed by atoms with Crippen LogP contribution in [0.5, 0.6) is 0 Å². The smallest absolute Gasteiger partial charge is 0.124 e. The zero-order chi connectivity index (χ0) is 15.7. The minimum atomic E-state index is 0.492. The SMILES string of the molecule is Cc1cccc(-c2nc(-c3ccc(C)c(C)c3)c(CCl)s2)c1. The molecule has 0 saturated heterocycles. The summed E-state index contributed by atoms with van der Waals surface area (Å²) in [5.74, 6) is 0.492. The van der Waals surface area contributed by atoms with Crippen molar-refractivity contribution in [2.45, 2.75) is 26.7 Å². The zero-order valence-electron chi connectivity index (χ0n) is 13.0. The topological polar surface area (TPSA) is 12.9 Å². The van der Waals surface area contributed by atoms with Gasteiger partial charge in [-0.15, -0.1) is 22.9 Å². The third-order valence-corrected chi connectivity index (χ3v) is 5.39. The van der Waals surface area contributed by atoms with Gasteiger partial charge in [-0.1, -0.05) is 35.9 Å². The minimum absolute atomic E-state index is 0.492. The normalized spacial score (nSPS) is 10.9. The van der Waals surface area contributed by atoms with Gasteiger partial charge in [-0.05, 0) is 44.0 Å². The standard InChI is InChI=1S/C19H18ClNS/c1-12-5-4-6-16(9-12)19-21-18(17(11-20)22-19)15-8-7-13(2)14(3)10-15/h4-10H,11H2,1-3H3. The van der Waals surface area contributed by atoms with Crippen LogP contribution in [-0.4, -0.2) is 4.98 Å². The van der Waals surface area contributed by atoms with Gasteiger partial charge in [-0.25, -0.2) is 4.98 Å². The molecular formula is C19H18ClNS. The number of thiazole rings is 1. The lowest BCUT2D eigenvalue weighted by Gasteiger charge is -2.04. The van der Waals surface area contributed by atoms with E-state index in [1.54, 1.807) is 11.3 Å². The monoisotopic (exact) mass is 327 g/mol. The molecule has 1 nitrogen and oxygen atoms in total. The molecule has 0 aliphatic heterocycles. The van der Waals surface area contributed by atoms with E-state index in [4.69, 9.17) is 16.6 Å². The van der Waals surface area contributed by atoms with Crippen LogP contribution in [0.2, 0.25) is 0 Å². The van der Waals surface area contributed by atoms with E-state index < -0.39 is 0 Å². The highest BCUT2D eigenvalue weighted by Gasteiger charge is 2.14. The molecule has 0 amide bonds. The average Bonchev–Trinajstić information content (AvgIpc) is 2.94. The first-order chi connectivity index (χ1) is 10.6. The second-order valence-corrected chi connectivity index (χ2v) is 6.94. The summed E-state index contributed by atoms with van der Waals surface area (Å²) in [7, 11) is 0. The zero-order valence-corrected chi connectivity index (χ0v) is 14.6. The third-order valence-electron chi connectivity index (χ3n) is 3.86. The number of rotatable bonds is 3. The van der Waals surface area contributed by atoms with E-state index in [1.165, 1.54) is 16.7 Å². The van der Waals surface area contributed by atoms with Gasteiger partial charge in [0.15, 0.2) is 0 Å². The molecule has 3 aromatic rings. The summed E-state index contributed by atoms with van der Waals surface area (Å²) >= 11 is 7.84. The summed E-state index contributed by atoms with van der Waals surface area (Å²) in [5, 5.41) is 1.03. The van der Waals surface area contributed by atoms with E-state index in [1.807, 2.05) is 0 Å². The van der Waals surface area contributed by atoms with Crippen molar-refractivity contribution < 1.29 is 0 Å². The molecule has 2 aromatic carbocycles. The molecule has 0 spiro atoms. The molecule has 0 radical (unpaired) electrons. The van der Waals surface area contributed by atoms with Crippen molar-refractivity contribution >= 4 is 22.9 Å². The predicted molar refractivity (Wildman–Crippen MR) is 96.8 cm³/mol. The lowest BCUT2D eigenvalue weighted by Crippen LogP contribution is -1.87. The number of nitrogens with zero attached hydrogens (tertiary/aromatic N) is 1. The number of alkyl halides is 1. The molecule has 0 aliphatic rings. The van der Waals surface area contributed by atoms with Gasteiger partial charge in [0.1, 0.15) is 5.01 Å². The Morgan fingerprint density at radius 1 is 0.955 bits per heavy atom. The Labute approximate surface area is 140 Å². The van der Waals surface area contributed by atoms with Crippen LogP contribution in [0.1, 0.15) is 21.6 Å². The van der Waals surface area contributed by atoms with Crippen LogP contribution in [0.3, 0.4) is 0 Å². The van der Waals surface area contributed by atoms with Crippen LogP contribution in [-0.2, 0) is 5.88 Å². The fraction of sp³-hybridized carbons (Fsp3) is 0.211. The second kappa shape index (κ2) is 6.23. The van der Waals surface area contributed by atoms with E-state index in [-0.39, 0.29) is 0 Å². The van der Waals surface area contributed by atoms with Crippen molar-refractivity contribution in [3.63, 3.8) is 0 Å². The summed E-state index contributed by atoms with van der Waals surface area (Å²) in [6.45, 7) is 6.36. The Morgan fingerprint density at radius 3 is 2.45 bits per heavy atom. The summed E-state index contributed by atoms with van der Waals surface area (Å²) < 4.78 is 0. The molecule has 0 saturated carbocycles. The van der Waals surface area contributed by atoms with Gasteiger partial charge >= 0.3 is 0 Å². The predicted octanol–water partition coefficient (Wildman–Crippen LogP) is 6.14. The summed E-state index contributed by atoms with van der Waals surface area (Å²) in [5.41, 5.74) is 7.14. The second-order valence-electron chi connectivity index (χ2n) is 5.59. The summed E-state index contributed by atoms with van der Waals surface area (Å²) in [4.78, 5) is 5.99. The van der Waals surface area contributed by atoms with Crippen LogP contribution in [0.4, 0.5) is 0 Å². The van der Waals surface area contributed by atoms with Crippen LogP contribution >= 0.6 is 22.9 Å². The number of hydrogen-bond donors (Lipinski definition) is 0. The average molecular weight is 328 g/mol. The first-order valence-corrected chi connectivity index (χ1v) is 8.64.